The first-order valence-electron chi connectivity index (χ1n) is 24.4. The van der Waals surface area contributed by atoms with Gasteiger partial charge in [0.1, 0.15) is 29.5 Å². The van der Waals surface area contributed by atoms with Gasteiger partial charge in [-0.2, -0.15) is 21.4 Å². The minimum Gasteiger partial charge on any atom is -0.489 e. The van der Waals surface area contributed by atoms with Crippen molar-refractivity contribution < 1.29 is 58.8 Å². The summed E-state index contributed by atoms with van der Waals surface area (Å²) in [6.07, 6.45) is 15.8. The van der Waals surface area contributed by atoms with Crippen LogP contribution < -0.4 is 21.4 Å². The maximum atomic E-state index is 13.2. The summed E-state index contributed by atoms with van der Waals surface area (Å²) in [4.78, 5) is 63.9. The van der Waals surface area contributed by atoms with Gasteiger partial charge < -0.3 is 20.2 Å². The zero-order valence-electron chi connectivity index (χ0n) is 41.1. The molecule has 0 aliphatic carbocycles. The van der Waals surface area contributed by atoms with Gasteiger partial charge in [-0.25, -0.2) is 4.79 Å². The second-order valence-electron chi connectivity index (χ2n) is 19.0. The van der Waals surface area contributed by atoms with Crippen LogP contribution >= 0.6 is 0 Å². The number of allylic oxidation sites excluding steroid dienone is 1. The Bertz CT molecular complexity index is 2900. The third-order valence-corrected chi connectivity index (χ3v) is 14.4. The number of primary amides is 1. The van der Waals surface area contributed by atoms with E-state index < -0.39 is 60.8 Å². The number of Topliss-reactive ketones (excluding diaryl/α,β-unsaturated/α-hetero) is 2. The summed E-state index contributed by atoms with van der Waals surface area (Å²) in [5.74, 6) is -2.79. The van der Waals surface area contributed by atoms with E-state index in [1.807, 2.05) is 0 Å². The average molecular weight is 1020 g/mol. The molecule has 71 heavy (non-hydrogen) atoms. The predicted octanol–water partition coefficient (Wildman–Crippen LogP) is 8.36. The van der Waals surface area contributed by atoms with Crippen molar-refractivity contribution in [2.45, 2.75) is 147 Å². The molecule has 1 aromatic heterocycles. The lowest BCUT2D eigenvalue weighted by molar-refractivity contribution is -0.432. The van der Waals surface area contributed by atoms with Crippen LogP contribution in [-0.4, -0.2) is 77.9 Å². The number of hydrogen-bond acceptors (Lipinski definition) is 11. The third kappa shape index (κ3) is 16.9. The molecule has 0 spiro atoms. The van der Waals surface area contributed by atoms with Crippen LogP contribution in [0.2, 0.25) is 0 Å². The van der Waals surface area contributed by atoms with Crippen LogP contribution in [0.15, 0.2) is 86.9 Å². The largest absolute Gasteiger partial charge is 0.489 e. The Hall–Kier alpha value is -5.82. The summed E-state index contributed by atoms with van der Waals surface area (Å²) in [5.41, 5.74) is 7.15. The number of benzene rings is 3. The summed E-state index contributed by atoms with van der Waals surface area (Å²) in [6.45, 7) is 7.28. The van der Waals surface area contributed by atoms with Gasteiger partial charge in [-0.15, -0.1) is 0 Å². The van der Waals surface area contributed by atoms with Crippen LogP contribution in [0.25, 0.3) is 17.0 Å². The number of rotatable bonds is 30. The Morgan fingerprint density at radius 1 is 0.817 bits per heavy atom. The molecular formula is C53H68N3O13S2+. The molecule has 2 amide bonds. The van der Waals surface area contributed by atoms with Crippen LogP contribution in [0.4, 0.5) is 5.69 Å². The van der Waals surface area contributed by atoms with Crippen molar-refractivity contribution in [2.75, 3.05) is 12.3 Å². The van der Waals surface area contributed by atoms with Gasteiger partial charge in [0, 0.05) is 54.8 Å². The van der Waals surface area contributed by atoms with Gasteiger partial charge in [0.15, 0.2) is 18.0 Å². The molecule has 5 N–H and O–H groups in total. The fourth-order valence-electron chi connectivity index (χ4n) is 8.79. The number of nitrogens with one attached hydrogen (secondary N) is 1. The van der Waals surface area contributed by atoms with Crippen LogP contribution in [0.5, 0.6) is 5.75 Å². The lowest BCUT2D eigenvalue weighted by atomic mass is 9.81. The summed E-state index contributed by atoms with van der Waals surface area (Å²) >= 11 is 0. The Morgan fingerprint density at radius 2 is 1.45 bits per heavy atom. The number of hydrogen-bond donors (Lipinski definition) is 4. The minimum atomic E-state index is -4.55. The Morgan fingerprint density at radius 3 is 2.07 bits per heavy atom. The number of ketones is 2. The van der Waals surface area contributed by atoms with Crippen LogP contribution in [-0.2, 0) is 57.9 Å². The van der Waals surface area contributed by atoms with Gasteiger partial charge in [-0.05, 0) is 74.7 Å². The lowest BCUT2D eigenvalue weighted by Crippen LogP contribution is -2.43. The molecule has 2 atom stereocenters. The van der Waals surface area contributed by atoms with Gasteiger partial charge in [0.25, 0.3) is 20.2 Å². The normalized spacial score (nSPS) is 14.4. The van der Waals surface area contributed by atoms with Crippen molar-refractivity contribution in [3.63, 3.8) is 0 Å². The quantitative estimate of drug-likeness (QED) is 0.0166. The minimum absolute atomic E-state index is 0.0245. The molecule has 4 aromatic rings. The summed E-state index contributed by atoms with van der Waals surface area (Å²) < 4.78 is 79.8. The highest BCUT2D eigenvalue weighted by Crippen LogP contribution is 2.41. The van der Waals surface area contributed by atoms with E-state index in [9.17, 15) is 49.9 Å². The van der Waals surface area contributed by atoms with Gasteiger partial charge in [-0.1, -0.05) is 95.4 Å². The maximum absolute atomic E-state index is 13.2. The molecule has 2 heterocycles. The molecule has 0 bridgehead atoms. The molecule has 0 saturated heterocycles. The van der Waals surface area contributed by atoms with E-state index in [0.717, 1.165) is 31.2 Å². The Balaban J connectivity index is 1.13. The van der Waals surface area contributed by atoms with E-state index in [4.69, 9.17) is 14.9 Å². The highest BCUT2D eigenvalue weighted by Gasteiger charge is 2.45. The van der Waals surface area contributed by atoms with E-state index in [0.29, 0.717) is 40.1 Å². The van der Waals surface area contributed by atoms with E-state index >= 15 is 0 Å². The molecule has 18 heteroatoms. The topological polar surface area (TPSA) is 258 Å². The molecule has 1 aliphatic rings. The number of fused-ring (bicyclic) bond motifs is 2. The fraction of sp³-hybridized carbons (Fsp3) is 0.472. The second kappa shape index (κ2) is 25.5. The molecule has 384 valence electrons. The van der Waals surface area contributed by atoms with Gasteiger partial charge in [0.05, 0.1) is 27.8 Å². The molecule has 3 aromatic carbocycles. The van der Waals surface area contributed by atoms with Crippen molar-refractivity contribution in [3.8, 4) is 5.75 Å². The smallest absolute Gasteiger partial charge is 0.343 e. The standard InChI is InChI=1S/C53H67N3O13S2/c1-5-6-7-8-9-10-11-12-13-14-15-16-42(57)31-41(32-50(54)59)51(60)55-36(2)47(58)29-37-17-19-38(20-18-37)35-68-43-23-21-39-30-40(52(61)69-48(39)33-43)22-26-49-53(3,4)45-34-44(71(65,66)67)24-25-46(45)56(49)27-28-70(62,63)64/h17-26,30,33-34,36,41H,5-16,27-29,31-32,35H2,1-4H3,(H4-,54,55,59,60,62,63,64,65,66,67)/p+1/b26-22+/t36-,41+/m0/s1. The fourth-order valence-corrected chi connectivity index (χ4v) is 9.71. The first kappa shape index (κ1) is 56.1. The Labute approximate surface area is 416 Å². The monoisotopic (exact) mass is 1020 g/mol. The first-order valence-corrected chi connectivity index (χ1v) is 27.4. The van der Waals surface area contributed by atoms with E-state index in [1.165, 1.54) is 69.2 Å². The molecule has 16 nitrogen and oxygen atoms in total. The molecule has 5 rings (SSSR count). The van der Waals surface area contributed by atoms with Crippen LogP contribution in [0.3, 0.4) is 0 Å². The predicted molar refractivity (Wildman–Crippen MR) is 272 cm³/mol. The number of ether oxygens (including phenoxy) is 1. The Kier molecular flexibility index (Phi) is 20.2. The molecule has 1 aliphatic heterocycles. The third-order valence-electron chi connectivity index (χ3n) is 12.9. The lowest BCUT2D eigenvalue weighted by Gasteiger charge is -2.19. The number of amides is 2. The zero-order chi connectivity index (χ0) is 51.9. The zero-order valence-corrected chi connectivity index (χ0v) is 42.7. The van der Waals surface area contributed by atoms with Gasteiger partial charge >= 0.3 is 5.63 Å². The van der Waals surface area contributed by atoms with Gasteiger partial charge in [0.2, 0.25) is 17.5 Å². The van der Waals surface area contributed by atoms with Crippen molar-refractivity contribution in [3.05, 3.63) is 105 Å². The molecule has 0 unspecified atom stereocenters. The second-order valence-corrected chi connectivity index (χ2v) is 22.0. The summed E-state index contributed by atoms with van der Waals surface area (Å²) in [6, 6.07) is 16.8. The molecule has 0 radical (unpaired) electrons. The molecular weight excluding hydrogens is 951 g/mol. The number of carbonyl (C=O) groups is 4. The average Bonchev–Trinajstić information content (AvgIpc) is 3.51. The molecule has 0 fully saturated rings. The van der Waals surface area contributed by atoms with Gasteiger partial charge in [-0.3, -0.25) is 28.3 Å². The maximum Gasteiger partial charge on any atom is 0.343 e. The van der Waals surface area contributed by atoms with Crippen LogP contribution in [0.1, 0.15) is 140 Å². The number of carbonyl (C=O) groups excluding carboxylic acids is 4. The van der Waals surface area contributed by atoms with Crippen molar-refractivity contribution in [1.82, 2.24) is 5.32 Å². The van der Waals surface area contributed by atoms with E-state index in [2.05, 4.69) is 12.2 Å². The summed E-state index contributed by atoms with van der Waals surface area (Å²) in [7, 11) is -8.93. The number of nitrogens with zero attached hydrogens (tertiary/aromatic N) is 1. The number of unbranched alkanes of at least 4 members (excludes halogenated alkanes) is 10. The molecule has 0 saturated carbocycles. The number of nitrogens with two attached hydrogens (primary N) is 1. The van der Waals surface area contributed by atoms with Crippen LogP contribution in [0, 0.1) is 5.92 Å². The van der Waals surface area contributed by atoms with Crippen molar-refractivity contribution in [1.29, 1.82) is 0 Å². The van der Waals surface area contributed by atoms with E-state index in [-0.39, 0.29) is 60.0 Å². The van der Waals surface area contributed by atoms with Crippen molar-refractivity contribution in [2.24, 2.45) is 11.7 Å². The first-order chi connectivity index (χ1) is 33.5. The van der Waals surface area contributed by atoms with E-state index in [1.54, 1.807) is 80.0 Å². The van der Waals surface area contributed by atoms with Crippen molar-refractivity contribution >= 4 is 72.1 Å². The SMILES string of the molecule is CCCCCCCCCCCCCC(=O)C[C@H](CC(N)=O)C(=O)N[C@@H](C)C(=O)Cc1ccc(COc2ccc3cc(/C=C/C4=[N+](CCS(=O)(=O)O)c5ccc(S(=O)(=O)O)cc5C4(C)C)c(=O)oc3c2)cc1. The highest BCUT2D eigenvalue weighted by atomic mass is 32.2. The highest BCUT2D eigenvalue weighted by molar-refractivity contribution is 7.86. The summed E-state index contributed by atoms with van der Waals surface area (Å²) in [5, 5.41) is 3.26.